The maximum absolute atomic E-state index is 13.9. The van der Waals surface area contributed by atoms with E-state index in [1.54, 1.807) is 0 Å². The third-order valence-corrected chi connectivity index (χ3v) is 9.78. The van der Waals surface area contributed by atoms with E-state index in [1.165, 1.54) is 0 Å². The molecule has 0 saturated heterocycles. The topological polar surface area (TPSA) is 139 Å². The molecule has 0 radical (unpaired) electrons. The number of carbonyl (C=O) groups is 2. The number of aryl methyl sites for hydroxylation is 1. The average Bonchev–Trinajstić information content (AvgIpc) is 2.91. The van der Waals surface area contributed by atoms with Crippen LogP contribution in [0.4, 0.5) is 8.78 Å². The van der Waals surface area contributed by atoms with Crippen molar-refractivity contribution in [2.24, 2.45) is 5.73 Å². The van der Waals surface area contributed by atoms with Crippen LogP contribution in [0, 0.1) is 11.6 Å². The summed E-state index contributed by atoms with van der Waals surface area (Å²) in [5, 5.41) is 16.0. The average molecular weight is 610 g/mol. The van der Waals surface area contributed by atoms with Gasteiger partial charge in [-0.15, -0.1) is 0 Å². The third-order valence-electron chi connectivity index (χ3n) is 7.43. The maximum Gasteiger partial charge on any atom is 0.249 e. The number of carbonyl (C=O) groups excluding carboxylic acids is 2. The Morgan fingerprint density at radius 3 is 2.12 bits per heavy atom. The Bertz CT molecular complexity index is 1280. The number of hydrogen-bond donors (Lipinski definition) is 4. The van der Waals surface area contributed by atoms with Crippen molar-refractivity contribution in [3.05, 3.63) is 70.8 Å². The number of amides is 1. The van der Waals surface area contributed by atoms with Gasteiger partial charge in [0, 0.05) is 19.2 Å². The van der Waals surface area contributed by atoms with Crippen molar-refractivity contribution in [2.75, 3.05) is 12.3 Å². The molecule has 0 unspecified atom stereocenters. The number of aliphatic hydroxyl groups is 1. The number of benzene rings is 2. The van der Waals surface area contributed by atoms with Gasteiger partial charge in [0.1, 0.15) is 11.6 Å². The first-order valence-electron chi connectivity index (χ1n) is 14.5. The lowest BCUT2D eigenvalue weighted by molar-refractivity contribution is -0.134. The Kier molecular flexibility index (Phi) is 13.7. The van der Waals surface area contributed by atoms with Crippen molar-refractivity contribution < 1.29 is 31.9 Å². The van der Waals surface area contributed by atoms with E-state index in [0.29, 0.717) is 38.3 Å². The summed E-state index contributed by atoms with van der Waals surface area (Å²) in [5.74, 6) is -4.50. The van der Waals surface area contributed by atoms with E-state index in [4.69, 9.17) is 5.73 Å². The quantitative estimate of drug-likeness (QED) is 0.190. The number of nitrogens with two attached hydrogens (primary N) is 1. The van der Waals surface area contributed by atoms with E-state index in [9.17, 15) is 31.9 Å². The molecule has 2 aromatic carbocycles. The van der Waals surface area contributed by atoms with Gasteiger partial charge in [0.15, 0.2) is 21.2 Å². The highest BCUT2D eigenvalue weighted by Crippen LogP contribution is 2.21. The molecule has 5 N–H and O–H groups in total. The molecule has 0 fully saturated rings. The summed E-state index contributed by atoms with van der Waals surface area (Å²) in [6, 6.07) is 9.57. The zero-order valence-electron chi connectivity index (χ0n) is 25.0. The first-order valence-corrected chi connectivity index (χ1v) is 16.2. The molecular weight excluding hydrogens is 564 g/mol. The largest absolute Gasteiger partial charge is 0.390 e. The van der Waals surface area contributed by atoms with Gasteiger partial charge in [0.2, 0.25) is 5.91 Å². The predicted octanol–water partition coefficient (Wildman–Crippen LogP) is 3.38. The van der Waals surface area contributed by atoms with E-state index >= 15 is 0 Å². The fourth-order valence-electron chi connectivity index (χ4n) is 4.94. The zero-order chi connectivity index (χ0) is 31.5. The van der Waals surface area contributed by atoms with Gasteiger partial charge in [-0.1, -0.05) is 57.9 Å². The molecule has 234 valence electrons. The van der Waals surface area contributed by atoms with Crippen molar-refractivity contribution in [1.82, 2.24) is 10.6 Å². The molecule has 0 aliphatic rings. The minimum Gasteiger partial charge on any atom is -0.390 e. The van der Waals surface area contributed by atoms with Crippen molar-refractivity contribution in [1.29, 1.82) is 0 Å². The highest BCUT2D eigenvalue weighted by Gasteiger charge is 2.46. The Morgan fingerprint density at radius 1 is 0.976 bits per heavy atom. The SMILES string of the molecule is CCCC(CCC)S(=O)(=O)C[C@](N)(C(C)=O)C(=O)N[C@@H](Cc1cc(F)cc(F)c1)[C@H](O)CNCc1cccc(CC)c1. The molecule has 0 aromatic heterocycles. The van der Waals surface area contributed by atoms with Crippen LogP contribution in [0.25, 0.3) is 0 Å². The third kappa shape index (κ3) is 10.2. The molecule has 0 spiro atoms. The van der Waals surface area contributed by atoms with Crippen LogP contribution >= 0.6 is 0 Å². The number of ketones is 1. The molecule has 2 rings (SSSR count). The summed E-state index contributed by atoms with van der Waals surface area (Å²) in [6.07, 6.45) is 1.30. The first kappa shape index (κ1) is 35.5. The van der Waals surface area contributed by atoms with Crippen LogP contribution in [0.15, 0.2) is 42.5 Å². The molecule has 11 heteroatoms. The van der Waals surface area contributed by atoms with E-state index in [1.807, 2.05) is 45.0 Å². The van der Waals surface area contributed by atoms with Gasteiger partial charge < -0.3 is 21.5 Å². The van der Waals surface area contributed by atoms with E-state index < -0.39 is 61.8 Å². The maximum atomic E-state index is 13.9. The molecule has 8 nitrogen and oxygen atoms in total. The fourth-order valence-corrected chi connectivity index (χ4v) is 7.33. The lowest BCUT2D eigenvalue weighted by Crippen LogP contribution is -2.66. The number of nitrogens with one attached hydrogen (secondary N) is 2. The van der Waals surface area contributed by atoms with Crippen molar-refractivity contribution in [3.63, 3.8) is 0 Å². The monoisotopic (exact) mass is 609 g/mol. The summed E-state index contributed by atoms with van der Waals surface area (Å²) in [5.41, 5.74) is 6.09. The van der Waals surface area contributed by atoms with Gasteiger partial charge in [-0.3, -0.25) is 9.59 Å². The number of Topliss-reactive ketones (excluding diaryl/α,β-unsaturated/α-hetero) is 1. The van der Waals surface area contributed by atoms with E-state index in [0.717, 1.165) is 36.6 Å². The van der Waals surface area contributed by atoms with Gasteiger partial charge in [-0.25, -0.2) is 17.2 Å². The van der Waals surface area contributed by atoms with Crippen molar-refractivity contribution in [2.45, 2.75) is 95.7 Å². The van der Waals surface area contributed by atoms with Crippen LogP contribution in [-0.4, -0.2) is 60.4 Å². The number of hydrogen-bond acceptors (Lipinski definition) is 7. The summed E-state index contributed by atoms with van der Waals surface area (Å²) in [7, 11) is -3.95. The standard InChI is InChI=1S/C31H45F2N3O5S/c1-5-9-27(10-6-2)42(40,41)20-31(34,21(4)37)30(39)36-28(16-24-14-25(32)17-26(33)15-24)29(38)19-35-18-23-12-8-11-22(7-3)13-23/h8,11-15,17,27-29,35,38H,5-7,9-10,16,18-20,34H2,1-4H3,(H,36,39)/t28-,29+,31-/m0/s1. The number of halogens is 2. The van der Waals surface area contributed by atoms with Gasteiger partial charge >= 0.3 is 0 Å². The lowest BCUT2D eigenvalue weighted by atomic mass is 9.94. The smallest absolute Gasteiger partial charge is 0.249 e. The number of rotatable bonds is 18. The molecule has 0 aliphatic carbocycles. The van der Waals surface area contributed by atoms with Crippen LogP contribution in [-0.2, 0) is 38.8 Å². The number of aliphatic hydroxyl groups excluding tert-OH is 1. The molecule has 3 atom stereocenters. The number of sulfone groups is 1. The summed E-state index contributed by atoms with van der Waals surface area (Å²) in [4.78, 5) is 26.2. The molecule has 1 amide bonds. The summed E-state index contributed by atoms with van der Waals surface area (Å²) < 4.78 is 54.5. The van der Waals surface area contributed by atoms with E-state index in [2.05, 4.69) is 10.6 Å². The van der Waals surface area contributed by atoms with Crippen LogP contribution in [0.5, 0.6) is 0 Å². The van der Waals surface area contributed by atoms with Gasteiger partial charge in [0.05, 0.1) is 23.1 Å². The van der Waals surface area contributed by atoms with Crippen LogP contribution in [0.2, 0.25) is 0 Å². The zero-order valence-corrected chi connectivity index (χ0v) is 25.8. The van der Waals surface area contributed by atoms with E-state index in [-0.39, 0.29) is 18.5 Å². The first-order chi connectivity index (χ1) is 19.7. The van der Waals surface area contributed by atoms with Gasteiger partial charge in [0.25, 0.3) is 0 Å². The molecule has 2 aromatic rings. The summed E-state index contributed by atoms with van der Waals surface area (Å²) >= 11 is 0. The predicted molar refractivity (Wildman–Crippen MR) is 161 cm³/mol. The summed E-state index contributed by atoms with van der Waals surface area (Å²) in [6.45, 7) is 7.16. The molecule has 42 heavy (non-hydrogen) atoms. The van der Waals surface area contributed by atoms with Gasteiger partial charge in [-0.2, -0.15) is 0 Å². The lowest BCUT2D eigenvalue weighted by Gasteiger charge is -2.32. The highest BCUT2D eigenvalue weighted by atomic mass is 32.2. The fraction of sp³-hybridized carbons (Fsp3) is 0.548. The molecule has 0 bridgehead atoms. The molecule has 0 heterocycles. The van der Waals surface area contributed by atoms with Crippen LogP contribution in [0.1, 0.15) is 70.1 Å². The van der Waals surface area contributed by atoms with Crippen molar-refractivity contribution >= 4 is 21.5 Å². The normalized spacial score (nSPS) is 14.8. The second-order valence-corrected chi connectivity index (χ2v) is 13.2. The minimum absolute atomic E-state index is 0.0237. The van der Waals surface area contributed by atoms with Crippen molar-refractivity contribution in [3.8, 4) is 0 Å². The molecule has 0 aliphatic heterocycles. The highest BCUT2D eigenvalue weighted by molar-refractivity contribution is 7.92. The molecular formula is C31H45F2N3O5S. The second kappa shape index (κ2) is 16.2. The Labute approximate surface area is 248 Å². The van der Waals surface area contributed by atoms with Gasteiger partial charge in [-0.05, 0) is 61.4 Å². The second-order valence-electron chi connectivity index (χ2n) is 11.0. The molecule has 0 saturated carbocycles. The van der Waals surface area contributed by atoms with Crippen LogP contribution < -0.4 is 16.4 Å². The Morgan fingerprint density at radius 2 is 1.57 bits per heavy atom. The Hall–Kier alpha value is -2.73. The minimum atomic E-state index is -3.95. The Balaban J connectivity index is 2.31. The van der Waals surface area contributed by atoms with Crippen LogP contribution in [0.3, 0.4) is 0 Å².